The molecule has 2 aromatic rings. The predicted molar refractivity (Wildman–Crippen MR) is 95.9 cm³/mol. The Hall–Kier alpha value is -2.79. The number of hydrogen-bond acceptors (Lipinski definition) is 6. The molecule has 2 aliphatic heterocycles. The number of carbonyl (C=O) groups excluding carboxylic acids is 2. The van der Waals surface area contributed by atoms with Crippen molar-refractivity contribution in [1.29, 1.82) is 0 Å². The Morgan fingerprint density at radius 3 is 2.46 bits per heavy atom. The highest BCUT2D eigenvalue weighted by molar-refractivity contribution is 7.90. The molecule has 11 heteroatoms. The van der Waals surface area contributed by atoms with Crippen molar-refractivity contribution in [3.63, 3.8) is 0 Å². The number of aromatic nitrogens is 2. The monoisotopic (exact) mass is 408 g/mol. The van der Waals surface area contributed by atoms with Crippen LogP contribution < -0.4 is 5.32 Å². The summed E-state index contributed by atoms with van der Waals surface area (Å²) in [5.41, 5.74) is 1.08. The highest BCUT2D eigenvalue weighted by Crippen LogP contribution is 2.33. The molecule has 1 fully saturated rings. The molecule has 0 spiro atoms. The van der Waals surface area contributed by atoms with Crippen LogP contribution in [0.25, 0.3) is 5.69 Å². The maximum absolute atomic E-state index is 13.2. The third-order valence-corrected chi connectivity index (χ3v) is 6.03. The lowest BCUT2D eigenvalue weighted by atomic mass is 10.2. The van der Waals surface area contributed by atoms with E-state index in [1.807, 2.05) is 0 Å². The first-order chi connectivity index (χ1) is 13.3. The standard InChI is InChI=1S/C17H17FN4O5S/c18-11-1-3-12(4-2-11)22-15(13-9-28(25,26)10-14(13)20-22)19-16(23)17(24)21-5-7-27-8-6-21/h1-4H,5-10H2,(H,19,23). The lowest BCUT2D eigenvalue weighted by Crippen LogP contribution is -2.46. The number of morpholine rings is 1. The van der Waals surface area contributed by atoms with E-state index < -0.39 is 27.5 Å². The van der Waals surface area contributed by atoms with Gasteiger partial charge in [0.25, 0.3) is 0 Å². The van der Waals surface area contributed by atoms with Gasteiger partial charge in [-0.3, -0.25) is 9.59 Å². The first kappa shape index (κ1) is 18.6. The minimum atomic E-state index is -3.37. The number of sulfone groups is 1. The van der Waals surface area contributed by atoms with Gasteiger partial charge in [-0.2, -0.15) is 5.10 Å². The molecule has 0 radical (unpaired) electrons. The summed E-state index contributed by atoms with van der Waals surface area (Å²) < 4.78 is 43.7. The van der Waals surface area contributed by atoms with Gasteiger partial charge in [0.15, 0.2) is 9.84 Å². The Labute approximate surface area is 160 Å². The van der Waals surface area contributed by atoms with E-state index in [4.69, 9.17) is 4.74 Å². The number of carbonyl (C=O) groups is 2. The highest BCUT2D eigenvalue weighted by Gasteiger charge is 2.34. The molecule has 1 saturated heterocycles. The molecule has 0 atom stereocenters. The quantitative estimate of drug-likeness (QED) is 0.713. The molecule has 0 bridgehead atoms. The Balaban J connectivity index is 1.67. The highest BCUT2D eigenvalue weighted by atomic mass is 32.2. The summed E-state index contributed by atoms with van der Waals surface area (Å²) in [6.07, 6.45) is 0. The van der Waals surface area contributed by atoms with Crippen molar-refractivity contribution in [2.24, 2.45) is 0 Å². The second-order valence-corrected chi connectivity index (χ2v) is 8.62. The Bertz CT molecular complexity index is 1040. The Kier molecular flexibility index (Phi) is 4.63. The van der Waals surface area contributed by atoms with Crippen LogP contribution in [0, 0.1) is 5.82 Å². The SMILES string of the molecule is O=C(Nc1c2c(nn1-c1ccc(F)cc1)CS(=O)(=O)C2)C(=O)N1CCOCC1. The van der Waals surface area contributed by atoms with E-state index in [-0.39, 0.29) is 17.3 Å². The zero-order valence-corrected chi connectivity index (χ0v) is 15.5. The zero-order chi connectivity index (χ0) is 19.9. The molecular formula is C17H17FN4O5S. The number of nitrogens with zero attached hydrogens (tertiary/aromatic N) is 3. The number of benzene rings is 1. The molecule has 1 N–H and O–H groups in total. The van der Waals surface area contributed by atoms with E-state index in [0.29, 0.717) is 43.2 Å². The molecule has 3 heterocycles. The van der Waals surface area contributed by atoms with Crippen LogP contribution in [0.15, 0.2) is 24.3 Å². The van der Waals surface area contributed by atoms with E-state index in [0.717, 1.165) is 0 Å². The van der Waals surface area contributed by atoms with Gasteiger partial charge in [0.1, 0.15) is 11.6 Å². The maximum Gasteiger partial charge on any atom is 0.315 e. The van der Waals surface area contributed by atoms with Gasteiger partial charge in [0.05, 0.1) is 36.1 Å². The Morgan fingerprint density at radius 1 is 1.11 bits per heavy atom. The van der Waals surface area contributed by atoms with Gasteiger partial charge in [-0.05, 0) is 24.3 Å². The molecule has 9 nitrogen and oxygen atoms in total. The zero-order valence-electron chi connectivity index (χ0n) is 14.7. The fraction of sp³-hybridized carbons (Fsp3) is 0.353. The van der Waals surface area contributed by atoms with E-state index in [1.165, 1.54) is 33.8 Å². The van der Waals surface area contributed by atoms with Gasteiger partial charge in [0.2, 0.25) is 0 Å². The van der Waals surface area contributed by atoms with E-state index in [2.05, 4.69) is 10.4 Å². The molecule has 0 aliphatic carbocycles. The topological polar surface area (TPSA) is 111 Å². The molecule has 148 valence electrons. The molecule has 4 rings (SSSR count). The summed E-state index contributed by atoms with van der Waals surface area (Å²) in [6.45, 7) is 1.30. The Morgan fingerprint density at radius 2 is 1.79 bits per heavy atom. The number of nitrogens with one attached hydrogen (secondary N) is 1. The average molecular weight is 408 g/mol. The minimum Gasteiger partial charge on any atom is -0.378 e. The third kappa shape index (κ3) is 3.50. The number of halogens is 1. The smallest absolute Gasteiger partial charge is 0.315 e. The summed E-state index contributed by atoms with van der Waals surface area (Å²) in [4.78, 5) is 26.3. The van der Waals surface area contributed by atoms with Crippen LogP contribution in [-0.2, 0) is 35.7 Å². The molecule has 28 heavy (non-hydrogen) atoms. The molecule has 0 saturated carbocycles. The summed E-state index contributed by atoms with van der Waals surface area (Å²) in [5.74, 6) is -2.50. The van der Waals surface area contributed by atoms with Crippen molar-refractivity contribution < 1.29 is 27.1 Å². The average Bonchev–Trinajstić information content (AvgIpc) is 3.15. The lowest BCUT2D eigenvalue weighted by molar-refractivity contribution is -0.145. The summed E-state index contributed by atoms with van der Waals surface area (Å²) >= 11 is 0. The second-order valence-electron chi connectivity index (χ2n) is 6.55. The van der Waals surface area contributed by atoms with Crippen molar-refractivity contribution in [1.82, 2.24) is 14.7 Å². The van der Waals surface area contributed by atoms with Gasteiger partial charge in [-0.1, -0.05) is 0 Å². The van der Waals surface area contributed by atoms with Crippen LogP contribution in [0.5, 0.6) is 0 Å². The summed E-state index contributed by atoms with van der Waals surface area (Å²) in [7, 11) is -3.37. The van der Waals surface area contributed by atoms with E-state index in [9.17, 15) is 22.4 Å². The number of rotatable bonds is 2. The normalized spacial score (nSPS) is 18.0. The van der Waals surface area contributed by atoms with Gasteiger partial charge in [0, 0.05) is 18.7 Å². The van der Waals surface area contributed by atoms with Crippen molar-refractivity contribution in [3.05, 3.63) is 41.3 Å². The third-order valence-electron chi connectivity index (χ3n) is 4.58. The maximum atomic E-state index is 13.2. The number of fused-ring (bicyclic) bond motifs is 1. The van der Waals surface area contributed by atoms with Crippen LogP contribution >= 0.6 is 0 Å². The van der Waals surface area contributed by atoms with Crippen LogP contribution in [-0.4, -0.2) is 61.2 Å². The molecular weight excluding hydrogens is 391 g/mol. The molecule has 2 aliphatic rings. The summed E-state index contributed by atoms with van der Waals surface area (Å²) in [6, 6.07) is 5.35. The van der Waals surface area contributed by atoms with Crippen LogP contribution in [0.2, 0.25) is 0 Å². The molecule has 1 aromatic heterocycles. The van der Waals surface area contributed by atoms with Crippen molar-refractivity contribution in [3.8, 4) is 5.69 Å². The van der Waals surface area contributed by atoms with Gasteiger partial charge in [-0.25, -0.2) is 17.5 Å². The summed E-state index contributed by atoms with van der Waals surface area (Å²) in [5, 5.41) is 6.78. The van der Waals surface area contributed by atoms with Crippen molar-refractivity contribution >= 4 is 27.5 Å². The van der Waals surface area contributed by atoms with E-state index >= 15 is 0 Å². The second kappa shape index (κ2) is 6.99. The van der Waals surface area contributed by atoms with E-state index in [1.54, 1.807) is 0 Å². The minimum absolute atomic E-state index is 0.106. The number of ether oxygens (including phenoxy) is 1. The number of anilines is 1. The number of amides is 2. The molecule has 1 aromatic carbocycles. The fourth-order valence-corrected chi connectivity index (χ4v) is 4.70. The molecule has 2 amide bonds. The first-order valence-electron chi connectivity index (χ1n) is 8.59. The van der Waals surface area contributed by atoms with Crippen molar-refractivity contribution in [2.45, 2.75) is 11.5 Å². The van der Waals surface area contributed by atoms with Crippen LogP contribution in [0.3, 0.4) is 0 Å². The molecule has 0 unspecified atom stereocenters. The number of hydrogen-bond donors (Lipinski definition) is 1. The van der Waals surface area contributed by atoms with Crippen LogP contribution in [0.4, 0.5) is 10.2 Å². The van der Waals surface area contributed by atoms with Gasteiger partial charge in [-0.15, -0.1) is 0 Å². The van der Waals surface area contributed by atoms with Crippen molar-refractivity contribution in [2.75, 3.05) is 31.6 Å². The lowest BCUT2D eigenvalue weighted by Gasteiger charge is -2.26. The first-order valence-corrected chi connectivity index (χ1v) is 10.4. The van der Waals surface area contributed by atoms with Gasteiger partial charge >= 0.3 is 11.8 Å². The predicted octanol–water partition coefficient (Wildman–Crippen LogP) is 0.237. The van der Waals surface area contributed by atoms with Gasteiger partial charge < -0.3 is 15.0 Å². The fourth-order valence-electron chi connectivity index (χ4n) is 3.21. The largest absolute Gasteiger partial charge is 0.378 e. The van der Waals surface area contributed by atoms with Crippen LogP contribution in [0.1, 0.15) is 11.3 Å².